The van der Waals surface area contributed by atoms with Crippen LogP contribution in [0, 0.1) is 20.8 Å². The summed E-state index contributed by atoms with van der Waals surface area (Å²) in [6.45, 7) is 26.4. The lowest BCUT2D eigenvalue weighted by molar-refractivity contribution is 0.0559. The highest BCUT2D eigenvalue weighted by atomic mass is 28.4. The maximum absolute atomic E-state index is 12.6. The van der Waals surface area contributed by atoms with Crippen molar-refractivity contribution in [2.45, 2.75) is 144 Å². The highest BCUT2D eigenvalue weighted by Gasteiger charge is 2.41. The van der Waals surface area contributed by atoms with E-state index in [4.69, 9.17) is 9.16 Å². The molecule has 0 fully saturated rings. The summed E-state index contributed by atoms with van der Waals surface area (Å²) in [6.07, 6.45) is 15.0. The molecule has 39 heavy (non-hydrogen) atoms. The van der Waals surface area contributed by atoms with Gasteiger partial charge >= 0.3 is 0 Å². The van der Waals surface area contributed by atoms with Crippen LogP contribution in [0.4, 0.5) is 4.39 Å². The topological polar surface area (TPSA) is 18.5 Å². The Hall–Kier alpha value is -1.81. The number of rotatable bonds is 12. The smallest absolute Gasteiger partial charge is 0.250 e. The Bertz CT molecular complexity index is 1090. The van der Waals surface area contributed by atoms with Gasteiger partial charge in [-0.25, -0.2) is 4.39 Å². The van der Waals surface area contributed by atoms with Gasteiger partial charge in [-0.15, -0.1) is 0 Å². The molecule has 0 saturated carbocycles. The van der Waals surface area contributed by atoms with Crippen molar-refractivity contribution >= 4 is 8.32 Å². The number of ether oxygens (including phenoxy) is 1. The summed E-state index contributed by atoms with van der Waals surface area (Å²) < 4.78 is 26.2. The van der Waals surface area contributed by atoms with E-state index in [-0.39, 0.29) is 17.3 Å². The van der Waals surface area contributed by atoms with Gasteiger partial charge in [-0.05, 0) is 140 Å². The van der Waals surface area contributed by atoms with Crippen molar-refractivity contribution in [3.8, 4) is 11.5 Å². The van der Waals surface area contributed by atoms with Crippen molar-refractivity contribution in [2.75, 3.05) is 6.67 Å². The molecule has 0 N–H and O–H groups in total. The molecule has 220 valence electrons. The summed E-state index contributed by atoms with van der Waals surface area (Å²) in [6, 6.07) is 0. The van der Waals surface area contributed by atoms with E-state index < -0.39 is 8.32 Å². The lowest BCUT2D eigenvalue weighted by atomic mass is 9.85. The van der Waals surface area contributed by atoms with Crippen LogP contribution >= 0.6 is 0 Å². The summed E-state index contributed by atoms with van der Waals surface area (Å²) in [5.74, 6) is 2.19. The van der Waals surface area contributed by atoms with Crippen LogP contribution in [0.25, 0.3) is 0 Å². The molecule has 0 saturated heterocycles. The number of halogens is 1. The van der Waals surface area contributed by atoms with E-state index in [0.29, 0.717) is 0 Å². The van der Waals surface area contributed by atoms with E-state index >= 15 is 0 Å². The van der Waals surface area contributed by atoms with Gasteiger partial charge in [0.2, 0.25) is 0 Å². The number of alkyl halides is 1. The van der Waals surface area contributed by atoms with Crippen LogP contribution in [-0.2, 0) is 6.42 Å². The van der Waals surface area contributed by atoms with E-state index in [1.54, 1.807) is 0 Å². The van der Waals surface area contributed by atoms with Crippen molar-refractivity contribution in [2.24, 2.45) is 0 Å². The second-order valence-corrected chi connectivity index (χ2v) is 18.6. The third kappa shape index (κ3) is 9.10. The number of benzene rings is 1. The molecule has 0 radical (unpaired) electrons. The predicted octanol–water partition coefficient (Wildman–Crippen LogP) is 11.2. The average Bonchev–Trinajstić information content (AvgIpc) is 2.84. The third-order valence-corrected chi connectivity index (χ3v) is 13.5. The fourth-order valence-electron chi connectivity index (χ4n) is 4.99. The summed E-state index contributed by atoms with van der Waals surface area (Å²) in [7, 11) is -1.93. The Labute approximate surface area is 241 Å². The van der Waals surface area contributed by atoms with Gasteiger partial charge in [0.25, 0.3) is 8.32 Å². The highest BCUT2D eigenvalue weighted by Crippen LogP contribution is 2.47. The molecule has 2 rings (SSSR count). The average molecular weight is 557 g/mol. The van der Waals surface area contributed by atoms with E-state index in [1.807, 2.05) is 13.0 Å². The van der Waals surface area contributed by atoms with Gasteiger partial charge in [-0.2, -0.15) is 0 Å². The minimum absolute atomic E-state index is 0.142. The second-order valence-electron chi connectivity index (χ2n) is 13.8. The van der Waals surface area contributed by atoms with E-state index in [1.165, 1.54) is 33.4 Å². The third-order valence-electron chi connectivity index (χ3n) is 9.17. The van der Waals surface area contributed by atoms with Crippen LogP contribution in [0.3, 0.4) is 0 Å². The van der Waals surface area contributed by atoms with Crippen molar-refractivity contribution in [1.82, 2.24) is 0 Å². The Kier molecular flexibility index (Phi) is 11.7. The monoisotopic (exact) mass is 556 g/mol. The zero-order valence-corrected chi connectivity index (χ0v) is 28.3. The van der Waals surface area contributed by atoms with Gasteiger partial charge < -0.3 is 9.16 Å². The Balaban J connectivity index is 2.01. The zero-order valence-electron chi connectivity index (χ0n) is 27.3. The summed E-state index contributed by atoms with van der Waals surface area (Å²) >= 11 is 0. The molecule has 1 aromatic carbocycles. The van der Waals surface area contributed by atoms with Gasteiger partial charge in [-0.1, -0.05) is 50.1 Å². The van der Waals surface area contributed by atoms with Crippen LogP contribution in [0.1, 0.15) is 116 Å². The Morgan fingerprint density at radius 1 is 0.897 bits per heavy atom. The van der Waals surface area contributed by atoms with E-state index in [0.717, 1.165) is 68.4 Å². The molecular weight excluding hydrogens is 499 g/mol. The molecule has 1 aromatic rings. The second kappa shape index (κ2) is 13.7. The standard InChI is InChI=1S/C35H57FO2Si/c1-25(18-14-19-27(3)24-36)16-13-17-26(2)20-15-22-35(10)23-21-31-30(6)32(28(4)29(5)33(31)37-35)38-39(11,12)34(7,8)9/h16,19-20H,13-15,17-18,21-24H2,1-12H3/b25-16+,26-20+,27-19?/t35-/m1/s1. The van der Waals surface area contributed by atoms with Crippen molar-refractivity contribution < 1.29 is 13.6 Å². The summed E-state index contributed by atoms with van der Waals surface area (Å²) in [5, 5.41) is 0.166. The molecule has 4 heteroatoms. The number of fused-ring (bicyclic) bond motifs is 1. The molecule has 0 bridgehead atoms. The number of allylic oxidation sites excluding steroid dienone is 6. The molecule has 1 atom stereocenters. The summed E-state index contributed by atoms with van der Waals surface area (Å²) in [5.41, 5.74) is 8.61. The van der Waals surface area contributed by atoms with Crippen LogP contribution < -0.4 is 9.16 Å². The first-order chi connectivity index (χ1) is 18.0. The maximum atomic E-state index is 12.6. The maximum Gasteiger partial charge on any atom is 0.250 e. The van der Waals surface area contributed by atoms with Crippen molar-refractivity contribution in [3.63, 3.8) is 0 Å². The molecule has 0 unspecified atom stereocenters. The normalized spacial score (nSPS) is 19.2. The zero-order chi connectivity index (χ0) is 29.6. The minimum Gasteiger partial charge on any atom is -0.543 e. The largest absolute Gasteiger partial charge is 0.543 e. The molecule has 0 aliphatic carbocycles. The van der Waals surface area contributed by atoms with Crippen LogP contribution in [-0.4, -0.2) is 20.6 Å². The van der Waals surface area contributed by atoms with E-state index in [2.05, 4.69) is 87.6 Å². The fourth-order valence-corrected chi connectivity index (χ4v) is 6.12. The van der Waals surface area contributed by atoms with E-state index in [9.17, 15) is 4.39 Å². The Morgan fingerprint density at radius 3 is 1.97 bits per heavy atom. The molecule has 0 spiro atoms. The molecule has 0 aromatic heterocycles. The first-order valence-corrected chi connectivity index (χ1v) is 18.0. The first kappa shape index (κ1) is 33.4. The quantitative estimate of drug-likeness (QED) is 0.188. The fraction of sp³-hybridized carbons (Fsp3) is 0.657. The predicted molar refractivity (Wildman–Crippen MR) is 171 cm³/mol. The number of hydrogen-bond acceptors (Lipinski definition) is 2. The van der Waals surface area contributed by atoms with Gasteiger partial charge in [0, 0.05) is 5.56 Å². The lowest BCUT2D eigenvalue weighted by Crippen LogP contribution is -2.44. The summed E-state index contributed by atoms with van der Waals surface area (Å²) in [4.78, 5) is 0. The molecule has 1 heterocycles. The SMILES string of the molecule is CC(=CCC/C(C)=C/CC/C(C)=C/CC[C@]1(C)CCc2c(C)c(O[Si](C)(C)C(C)(C)C)c(C)c(C)c2O1)CF. The minimum atomic E-state index is -1.93. The van der Waals surface area contributed by atoms with Crippen molar-refractivity contribution in [3.05, 3.63) is 57.2 Å². The van der Waals surface area contributed by atoms with Crippen LogP contribution in [0.5, 0.6) is 11.5 Å². The van der Waals surface area contributed by atoms with Crippen molar-refractivity contribution in [1.29, 1.82) is 0 Å². The van der Waals surface area contributed by atoms with Crippen LogP contribution in [0.15, 0.2) is 34.9 Å². The Morgan fingerprint density at radius 2 is 1.44 bits per heavy atom. The molecule has 2 nitrogen and oxygen atoms in total. The van der Waals surface area contributed by atoms with Gasteiger partial charge in [0.15, 0.2) is 0 Å². The lowest BCUT2D eigenvalue weighted by Gasteiger charge is -2.41. The molecule has 0 amide bonds. The first-order valence-electron chi connectivity index (χ1n) is 15.0. The van der Waals surface area contributed by atoms with Crippen LogP contribution in [0.2, 0.25) is 18.1 Å². The highest BCUT2D eigenvalue weighted by molar-refractivity contribution is 6.74. The molecular formula is C35H57FO2Si. The van der Waals surface area contributed by atoms with Gasteiger partial charge in [0.05, 0.1) is 0 Å². The molecule has 1 aliphatic heterocycles. The van der Waals surface area contributed by atoms with Gasteiger partial charge in [0.1, 0.15) is 23.8 Å². The van der Waals surface area contributed by atoms with Gasteiger partial charge in [-0.3, -0.25) is 0 Å². The number of hydrogen-bond donors (Lipinski definition) is 0. The molecule has 1 aliphatic rings.